The summed E-state index contributed by atoms with van der Waals surface area (Å²) in [6.45, 7) is 2.62. The third-order valence-corrected chi connectivity index (χ3v) is 6.65. The van der Waals surface area contributed by atoms with Gasteiger partial charge in [0.15, 0.2) is 5.78 Å². The summed E-state index contributed by atoms with van der Waals surface area (Å²) in [6.07, 6.45) is 1.85. The van der Waals surface area contributed by atoms with Crippen LogP contribution in [-0.2, 0) is 53.0 Å². The molecule has 0 heterocycles. The van der Waals surface area contributed by atoms with E-state index in [0.717, 1.165) is 29.5 Å². The topological polar surface area (TPSA) is 144 Å². The fraction of sp³-hybridized carbons (Fsp3) is 0.438. The Morgan fingerprint density at radius 3 is 2.02 bits per heavy atom. The molecule has 9 heteroatoms. The molecule has 2 aromatic carbocycles. The second-order valence-corrected chi connectivity index (χ2v) is 10.4. The highest BCUT2D eigenvalue weighted by molar-refractivity contribution is 5.90. The first-order chi connectivity index (χ1) is 19.5. The second kappa shape index (κ2) is 17.5. The molecular weight excluding hydrogens is 526 g/mol. The van der Waals surface area contributed by atoms with Crippen molar-refractivity contribution in [3.8, 4) is 0 Å². The maximum atomic E-state index is 12.8. The number of aryl methyl sites for hydroxylation is 1. The summed E-state index contributed by atoms with van der Waals surface area (Å²) in [7, 11) is 0. The van der Waals surface area contributed by atoms with Crippen LogP contribution in [0.15, 0.2) is 54.6 Å². The van der Waals surface area contributed by atoms with Crippen molar-refractivity contribution in [3.05, 3.63) is 71.3 Å². The van der Waals surface area contributed by atoms with Crippen molar-refractivity contribution in [1.29, 1.82) is 0 Å². The number of hydrogen-bond donors (Lipinski definition) is 2. The third kappa shape index (κ3) is 13.7. The highest BCUT2D eigenvalue weighted by Gasteiger charge is 2.26. The molecule has 2 N–H and O–H groups in total. The number of carboxylic acid groups (broad SMARTS) is 1. The van der Waals surface area contributed by atoms with E-state index >= 15 is 0 Å². The van der Waals surface area contributed by atoms with Crippen LogP contribution in [-0.4, -0.2) is 46.8 Å². The number of hydrogen-bond acceptors (Lipinski definition) is 7. The maximum absolute atomic E-state index is 12.8. The van der Waals surface area contributed by atoms with E-state index in [1.54, 1.807) is 19.1 Å². The lowest BCUT2D eigenvalue weighted by Crippen LogP contribution is -2.37. The Morgan fingerprint density at radius 1 is 0.780 bits per heavy atom. The second-order valence-electron chi connectivity index (χ2n) is 10.4. The molecule has 2 aromatic rings. The van der Waals surface area contributed by atoms with Crippen LogP contribution in [0.25, 0.3) is 0 Å². The number of ether oxygens (including phenoxy) is 1. The van der Waals surface area contributed by atoms with Gasteiger partial charge in [-0.1, -0.05) is 54.6 Å². The summed E-state index contributed by atoms with van der Waals surface area (Å²) < 4.78 is 5.26. The van der Waals surface area contributed by atoms with E-state index in [4.69, 9.17) is 4.74 Å². The highest BCUT2D eigenvalue weighted by Crippen LogP contribution is 2.17. The van der Waals surface area contributed by atoms with Crippen molar-refractivity contribution in [3.63, 3.8) is 0 Å². The Balaban J connectivity index is 1.88. The zero-order valence-electron chi connectivity index (χ0n) is 23.7. The molecule has 0 aliphatic carbocycles. The number of nitrogens with one attached hydrogen (secondary N) is 1. The number of carbonyl (C=O) groups excluding carboxylic acids is 5. The molecule has 41 heavy (non-hydrogen) atoms. The number of Topliss-reactive ketones (excluding diaryl/α,β-unsaturated/α-hetero) is 3. The Kier molecular flexibility index (Phi) is 14.1. The first kappa shape index (κ1) is 33.1. The summed E-state index contributed by atoms with van der Waals surface area (Å²) >= 11 is 0. The quantitative estimate of drug-likeness (QED) is 0.243. The molecular formula is C32H39NO8. The van der Waals surface area contributed by atoms with Crippen LogP contribution in [0.1, 0.15) is 69.1 Å². The molecule has 220 valence electrons. The van der Waals surface area contributed by atoms with E-state index < -0.39 is 35.5 Å². The molecule has 0 aromatic heterocycles. The van der Waals surface area contributed by atoms with E-state index in [9.17, 15) is 33.9 Å². The zero-order chi connectivity index (χ0) is 30.2. The Morgan fingerprint density at radius 2 is 1.41 bits per heavy atom. The van der Waals surface area contributed by atoms with Gasteiger partial charge in [0.05, 0.1) is 18.9 Å². The molecule has 2 atom stereocenters. The Hall–Kier alpha value is -4.14. The normalized spacial score (nSPS) is 12.1. The van der Waals surface area contributed by atoms with Crippen LogP contribution in [0.3, 0.4) is 0 Å². The van der Waals surface area contributed by atoms with Gasteiger partial charge in [-0.05, 0) is 56.2 Å². The predicted molar refractivity (Wildman–Crippen MR) is 152 cm³/mol. The van der Waals surface area contributed by atoms with E-state index in [0.29, 0.717) is 6.42 Å². The van der Waals surface area contributed by atoms with Gasteiger partial charge in [0.1, 0.15) is 18.2 Å². The predicted octanol–water partition coefficient (Wildman–Crippen LogP) is 4.04. The molecule has 0 bridgehead atoms. The summed E-state index contributed by atoms with van der Waals surface area (Å²) in [5.74, 6) is -4.56. The number of amides is 1. The van der Waals surface area contributed by atoms with Gasteiger partial charge < -0.3 is 24.7 Å². The minimum absolute atomic E-state index is 0.0539. The standard InChI is InChI=1S/C32H39NO8/c1-22(34)7-6-10-24-12-14-25(15-13-24)17-28(32(39)40)18-29(36)20-33-31(38)27(16-11-23(2)35)19-30(37)41-21-26-8-4-3-5-9-26/h3-5,8-9,12-15,27-28H,6-7,10-11,16-21H2,1-2H3,(H,33,38)(H,39,40)/t27-,28-/m1/s1. The van der Waals surface area contributed by atoms with Crippen molar-refractivity contribution >= 4 is 35.2 Å². The lowest BCUT2D eigenvalue weighted by Gasteiger charge is -2.17. The molecule has 0 unspecified atom stereocenters. The smallest absolute Gasteiger partial charge is 0.307 e. The lowest BCUT2D eigenvalue weighted by atomic mass is 9.93. The van der Waals surface area contributed by atoms with Crippen LogP contribution in [0.4, 0.5) is 0 Å². The fourth-order valence-electron chi connectivity index (χ4n) is 4.29. The number of benzene rings is 2. The van der Waals surface area contributed by atoms with Crippen molar-refractivity contribution in [2.45, 2.75) is 71.8 Å². The third-order valence-electron chi connectivity index (χ3n) is 6.65. The molecule has 9 nitrogen and oxygen atoms in total. The van der Waals surface area contributed by atoms with Crippen LogP contribution in [0.5, 0.6) is 0 Å². The molecule has 0 radical (unpaired) electrons. The average Bonchev–Trinajstić information content (AvgIpc) is 2.93. The number of esters is 1. The number of aliphatic carboxylic acids is 1. The molecule has 0 fully saturated rings. The number of carboxylic acids is 1. The lowest BCUT2D eigenvalue weighted by molar-refractivity contribution is -0.148. The van der Waals surface area contributed by atoms with Crippen LogP contribution in [0.2, 0.25) is 0 Å². The molecule has 0 saturated carbocycles. The van der Waals surface area contributed by atoms with Crippen LogP contribution >= 0.6 is 0 Å². The molecule has 0 aliphatic heterocycles. The minimum atomic E-state index is -1.12. The van der Waals surface area contributed by atoms with E-state index in [1.165, 1.54) is 6.92 Å². The molecule has 0 saturated heterocycles. The first-order valence-electron chi connectivity index (χ1n) is 13.8. The Bertz CT molecular complexity index is 1190. The van der Waals surface area contributed by atoms with Gasteiger partial charge in [-0.25, -0.2) is 0 Å². The van der Waals surface area contributed by atoms with Gasteiger partial charge in [-0.2, -0.15) is 0 Å². The van der Waals surface area contributed by atoms with Gasteiger partial charge in [-0.3, -0.25) is 19.2 Å². The van der Waals surface area contributed by atoms with Crippen LogP contribution < -0.4 is 5.32 Å². The van der Waals surface area contributed by atoms with Crippen molar-refractivity contribution in [2.24, 2.45) is 11.8 Å². The largest absolute Gasteiger partial charge is 0.481 e. The fourth-order valence-corrected chi connectivity index (χ4v) is 4.29. The summed E-state index contributed by atoms with van der Waals surface area (Å²) in [4.78, 5) is 72.2. The van der Waals surface area contributed by atoms with Gasteiger partial charge in [-0.15, -0.1) is 0 Å². The van der Waals surface area contributed by atoms with Crippen molar-refractivity contribution < 1.29 is 38.6 Å². The number of carbonyl (C=O) groups is 6. The minimum Gasteiger partial charge on any atom is -0.481 e. The van der Waals surface area contributed by atoms with Gasteiger partial charge >= 0.3 is 11.9 Å². The highest BCUT2D eigenvalue weighted by atomic mass is 16.5. The van der Waals surface area contributed by atoms with E-state index in [-0.39, 0.29) is 56.8 Å². The summed E-state index contributed by atoms with van der Waals surface area (Å²) in [5.41, 5.74) is 2.61. The molecule has 2 rings (SSSR count). The average molecular weight is 566 g/mol. The van der Waals surface area contributed by atoms with Crippen molar-refractivity contribution in [1.82, 2.24) is 5.32 Å². The van der Waals surface area contributed by atoms with E-state index in [2.05, 4.69) is 5.32 Å². The zero-order valence-corrected chi connectivity index (χ0v) is 23.7. The number of ketones is 3. The first-order valence-corrected chi connectivity index (χ1v) is 13.8. The molecule has 0 spiro atoms. The maximum Gasteiger partial charge on any atom is 0.307 e. The Labute approximate surface area is 240 Å². The van der Waals surface area contributed by atoms with Gasteiger partial charge in [0.2, 0.25) is 5.91 Å². The van der Waals surface area contributed by atoms with E-state index in [1.807, 2.05) is 42.5 Å². The van der Waals surface area contributed by atoms with Gasteiger partial charge in [0, 0.05) is 25.2 Å². The molecule has 1 amide bonds. The molecule has 0 aliphatic rings. The van der Waals surface area contributed by atoms with Crippen LogP contribution in [0, 0.1) is 11.8 Å². The SMILES string of the molecule is CC(=O)CCCc1ccc(C[C@H](CC(=O)CNC(=O)[C@H](CCC(C)=O)CC(=O)OCc2ccccc2)C(=O)O)cc1. The summed E-state index contributed by atoms with van der Waals surface area (Å²) in [5, 5.41) is 12.2. The summed E-state index contributed by atoms with van der Waals surface area (Å²) in [6, 6.07) is 16.5. The monoisotopic (exact) mass is 565 g/mol. The van der Waals surface area contributed by atoms with Gasteiger partial charge in [0.25, 0.3) is 0 Å². The van der Waals surface area contributed by atoms with Crippen molar-refractivity contribution in [2.75, 3.05) is 6.54 Å². The number of rotatable bonds is 19.